The van der Waals surface area contributed by atoms with E-state index in [2.05, 4.69) is 9.72 Å². The van der Waals surface area contributed by atoms with Crippen molar-refractivity contribution in [3.05, 3.63) is 30.0 Å². The van der Waals surface area contributed by atoms with Crippen LogP contribution in [0.25, 0.3) is 10.9 Å². The van der Waals surface area contributed by atoms with Gasteiger partial charge in [0.05, 0.1) is 25.4 Å². The van der Waals surface area contributed by atoms with Gasteiger partial charge in [-0.2, -0.15) is 0 Å². The second-order valence-electron chi connectivity index (χ2n) is 3.44. The second-order valence-corrected chi connectivity index (χ2v) is 3.44. The van der Waals surface area contributed by atoms with Crippen LogP contribution < -0.4 is 10.5 Å². The van der Waals surface area contributed by atoms with Crippen molar-refractivity contribution in [3.63, 3.8) is 0 Å². The fourth-order valence-corrected chi connectivity index (χ4v) is 1.62. The highest BCUT2D eigenvalue weighted by Gasteiger charge is 2.14. The lowest BCUT2D eigenvalue weighted by Crippen LogP contribution is -2.08. The van der Waals surface area contributed by atoms with E-state index < -0.39 is 5.97 Å². The topological polar surface area (TPSA) is 74.4 Å². The Labute approximate surface area is 98.2 Å². The van der Waals surface area contributed by atoms with E-state index in [1.165, 1.54) is 7.11 Å². The molecule has 0 fully saturated rings. The van der Waals surface area contributed by atoms with E-state index in [1.54, 1.807) is 31.4 Å². The van der Waals surface area contributed by atoms with Crippen LogP contribution in [-0.4, -0.2) is 25.2 Å². The molecule has 2 N–H and O–H groups in total. The van der Waals surface area contributed by atoms with Crippen molar-refractivity contribution >= 4 is 22.6 Å². The van der Waals surface area contributed by atoms with E-state index in [0.29, 0.717) is 11.3 Å². The molecule has 1 heterocycles. The SMILES string of the molecule is COC(=O)c1nc2cccc(OC)c2cc1N. The molecular weight excluding hydrogens is 220 g/mol. The van der Waals surface area contributed by atoms with Gasteiger partial charge in [0.2, 0.25) is 0 Å². The van der Waals surface area contributed by atoms with Crippen molar-refractivity contribution in [1.29, 1.82) is 0 Å². The van der Waals surface area contributed by atoms with Crippen LogP contribution in [0, 0.1) is 0 Å². The van der Waals surface area contributed by atoms with Gasteiger partial charge in [-0.25, -0.2) is 9.78 Å². The minimum absolute atomic E-state index is 0.119. The summed E-state index contributed by atoms with van der Waals surface area (Å²) in [5.74, 6) is 0.116. The average molecular weight is 232 g/mol. The van der Waals surface area contributed by atoms with Gasteiger partial charge in [-0.1, -0.05) is 6.07 Å². The number of benzene rings is 1. The third-order valence-corrected chi connectivity index (χ3v) is 2.45. The molecule has 1 aromatic heterocycles. The minimum Gasteiger partial charge on any atom is -0.496 e. The number of aromatic nitrogens is 1. The molecule has 1 aromatic carbocycles. The molecule has 0 radical (unpaired) electrons. The Balaban J connectivity index is 2.70. The molecule has 0 saturated heterocycles. The lowest BCUT2D eigenvalue weighted by molar-refractivity contribution is 0.0596. The zero-order valence-electron chi connectivity index (χ0n) is 9.56. The maximum absolute atomic E-state index is 11.4. The highest BCUT2D eigenvalue weighted by Crippen LogP contribution is 2.27. The molecule has 2 aromatic rings. The quantitative estimate of drug-likeness (QED) is 0.796. The molecule has 5 nitrogen and oxygen atoms in total. The summed E-state index contributed by atoms with van der Waals surface area (Å²) in [6.45, 7) is 0. The molecule has 88 valence electrons. The van der Waals surface area contributed by atoms with Crippen LogP contribution in [0.1, 0.15) is 10.5 Å². The maximum Gasteiger partial charge on any atom is 0.358 e. The largest absolute Gasteiger partial charge is 0.496 e. The molecule has 0 atom stereocenters. The zero-order valence-corrected chi connectivity index (χ0v) is 9.56. The van der Waals surface area contributed by atoms with Gasteiger partial charge in [0.15, 0.2) is 5.69 Å². The number of ether oxygens (including phenoxy) is 2. The first-order valence-corrected chi connectivity index (χ1v) is 4.99. The van der Waals surface area contributed by atoms with Crippen LogP contribution in [0.3, 0.4) is 0 Å². The molecule has 17 heavy (non-hydrogen) atoms. The van der Waals surface area contributed by atoms with E-state index in [9.17, 15) is 4.79 Å². The summed E-state index contributed by atoms with van der Waals surface area (Å²) in [5, 5.41) is 0.764. The Morgan fingerprint density at radius 2 is 2.12 bits per heavy atom. The van der Waals surface area contributed by atoms with Crippen molar-refractivity contribution in [3.8, 4) is 5.75 Å². The average Bonchev–Trinajstić information content (AvgIpc) is 2.36. The number of methoxy groups -OCH3 is 2. The molecule has 5 heteroatoms. The summed E-state index contributed by atoms with van der Waals surface area (Å²) in [4.78, 5) is 15.6. The number of anilines is 1. The van der Waals surface area contributed by atoms with Crippen LogP contribution >= 0.6 is 0 Å². The predicted molar refractivity (Wildman–Crippen MR) is 64.0 cm³/mol. The molecule has 0 spiro atoms. The van der Waals surface area contributed by atoms with Gasteiger partial charge in [-0.15, -0.1) is 0 Å². The van der Waals surface area contributed by atoms with Crippen molar-refractivity contribution < 1.29 is 14.3 Å². The standard InChI is InChI=1S/C12H12N2O3/c1-16-10-5-3-4-9-7(10)6-8(13)11(14-9)12(15)17-2/h3-6H,13H2,1-2H3. The minimum atomic E-state index is -0.549. The maximum atomic E-state index is 11.4. The van der Waals surface area contributed by atoms with Crippen LogP contribution in [0.2, 0.25) is 0 Å². The Kier molecular flexibility index (Phi) is 2.82. The number of nitrogen functional groups attached to an aromatic ring is 1. The number of hydrogen-bond donors (Lipinski definition) is 1. The number of rotatable bonds is 2. The van der Waals surface area contributed by atoms with E-state index in [4.69, 9.17) is 10.5 Å². The summed E-state index contributed by atoms with van der Waals surface area (Å²) in [6, 6.07) is 7.05. The smallest absolute Gasteiger partial charge is 0.358 e. The highest BCUT2D eigenvalue weighted by atomic mass is 16.5. The van der Waals surface area contributed by atoms with Crippen LogP contribution in [0.5, 0.6) is 5.75 Å². The normalized spacial score (nSPS) is 10.2. The summed E-state index contributed by atoms with van der Waals surface area (Å²) in [6.07, 6.45) is 0. The number of nitrogens with zero attached hydrogens (tertiary/aromatic N) is 1. The van der Waals surface area contributed by atoms with Gasteiger partial charge in [0, 0.05) is 5.39 Å². The van der Waals surface area contributed by atoms with Crippen LogP contribution in [0.15, 0.2) is 24.3 Å². The molecule has 0 aliphatic heterocycles. The van der Waals surface area contributed by atoms with Crippen LogP contribution in [-0.2, 0) is 4.74 Å². The Bertz CT molecular complexity index is 581. The predicted octanol–water partition coefficient (Wildman–Crippen LogP) is 1.61. The van der Waals surface area contributed by atoms with Gasteiger partial charge >= 0.3 is 5.97 Å². The van der Waals surface area contributed by atoms with Crippen molar-refractivity contribution in [1.82, 2.24) is 4.98 Å². The fourth-order valence-electron chi connectivity index (χ4n) is 1.62. The number of nitrogens with two attached hydrogens (primary N) is 1. The van der Waals surface area contributed by atoms with Gasteiger partial charge < -0.3 is 15.2 Å². The fraction of sp³-hybridized carbons (Fsp3) is 0.167. The molecule has 2 rings (SSSR count). The number of esters is 1. The first-order valence-electron chi connectivity index (χ1n) is 4.99. The molecule has 0 amide bonds. The number of fused-ring (bicyclic) bond motifs is 1. The van der Waals surface area contributed by atoms with Gasteiger partial charge in [0.1, 0.15) is 5.75 Å². The van der Waals surface area contributed by atoms with E-state index in [0.717, 1.165) is 5.39 Å². The zero-order chi connectivity index (χ0) is 12.4. The van der Waals surface area contributed by atoms with Crippen molar-refractivity contribution in [2.24, 2.45) is 0 Å². The summed E-state index contributed by atoms with van der Waals surface area (Å²) >= 11 is 0. The molecule has 0 bridgehead atoms. The first-order chi connectivity index (χ1) is 8.17. The van der Waals surface area contributed by atoms with E-state index >= 15 is 0 Å². The second kappa shape index (κ2) is 4.29. The summed E-state index contributed by atoms with van der Waals surface area (Å²) in [7, 11) is 2.86. The lowest BCUT2D eigenvalue weighted by Gasteiger charge is -2.08. The Morgan fingerprint density at radius 3 is 2.76 bits per heavy atom. The molecule has 0 saturated carbocycles. The van der Waals surface area contributed by atoms with Crippen molar-refractivity contribution in [2.45, 2.75) is 0 Å². The molecule has 0 aliphatic carbocycles. The Morgan fingerprint density at radius 1 is 1.35 bits per heavy atom. The third-order valence-electron chi connectivity index (χ3n) is 2.45. The Hall–Kier alpha value is -2.30. The number of hydrogen-bond acceptors (Lipinski definition) is 5. The number of carbonyl (C=O) groups is 1. The van der Waals surface area contributed by atoms with Gasteiger partial charge in [0.25, 0.3) is 0 Å². The highest BCUT2D eigenvalue weighted by molar-refractivity contribution is 5.98. The number of carbonyl (C=O) groups excluding carboxylic acids is 1. The monoisotopic (exact) mass is 232 g/mol. The van der Waals surface area contributed by atoms with Crippen LogP contribution in [0.4, 0.5) is 5.69 Å². The first kappa shape index (κ1) is 11.2. The number of pyridine rings is 1. The summed E-state index contributed by atoms with van der Waals surface area (Å²) < 4.78 is 9.81. The summed E-state index contributed by atoms with van der Waals surface area (Å²) in [5.41, 5.74) is 6.80. The third kappa shape index (κ3) is 1.87. The van der Waals surface area contributed by atoms with E-state index in [-0.39, 0.29) is 11.4 Å². The molecule has 0 unspecified atom stereocenters. The lowest BCUT2D eigenvalue weighted by atomic mass is 10.1. The van der Waals surface area contributed by atoms with E-state index in [1.807, 2.05) is 0 Å². The van der Waals surface area contributed by atoms with Gasteiger partial charge in [-0.05, 0) is 18.2 Å². The van der Waals surface area contributed by atoms with Gasteiger partial charge in [-0.3, -0.25) is 0 Å². The molecular formula is C12H12N2O3. The molecule has 0 aliphatic rings. The van der Waals surface area contributed by atoms with Crippen molar-refractivity contribution in [2.75, 3.05) is 20.0 Å².